The van der Waals surface area contributed by atoms with Gasteiger partial charge in [-0.25, -0.2) is 4.68 Å². The second-order valence-corrected chi connectivity index (χ2v) is 6.56. The van der Waals surface area contributed by atoms with E-state index in [1.54, 1.807) is 16.8 Å². The smallest absolute Gasteiger partial charge is 0.422 e. The number of hydrogen-bond acceptors (Lipinski definition) is 6. The summed E-state index contributed by atoms with van der Waals surface area (Å²) in [5.41, 5.74) is 0.830. The molecule has 0 spiro atoms. The maximum atomic E-state index is 12.2. The number of halogens is 3. The third-order valence-corrected chi connectivity index (χ3v) is 4.60. The molecule has 6 nitrogen and oxygen atoms in total. The number of nitrogens with zero attached hydrogens (tertiary/aromatic N) is 4. The highest BCUT2D eigenvalue weighted by Gasteiger charge is 2.28. The number of alkyl halides is 3. The van der Waals surface area contributed by atoms with E-state index >= 15 is 0 Å². The van der Waals surface area contributed by atoms with Gasteiger partial charge in [0.15, 0.2) is 6.61 Å². The van der Waals surface area contributed by atoms with Gasteiger partial charge in [-0.15, -0.1) is 5.10 Å². The molecule has 0 unspecified atom stereocenters. The van der Waals surface area contributed by atoms with E-state index in [2.05, 4.69) is 15.5 Å². The Bertz CT molecular complexity index is 689. The lowest BCUT2D eigenvalue weighted by Gasteiger charge is -2.11. The summed E-state index contributed by atoms with van der Waals surface area (Å²) in [5.74, 6) is 0.712. The van der Waals surface area contributed by atoms with Gasteiger partial charge in [-0.1, -0.05) is 23.9 Å². The van der Waals surface area contributed by atoms with Crippen LogP contribution in [0.5, 0.6) is 5.75 Å². The highest BCUT2D eigenvalue weighted by atomic mass is 32.2. The van der Waals surface area contributed by atoms with E-state index in [-0.39, 0.29) is 11.9 Å². The molecule has 2 aromatic rings. The van der Waals surface area contributed by atoms with Crippen LogP contribution in [-0.4, -0.2) is 45.7 Å². The van der Waals surface area contributed by atoms with E-state index in [0.717, 1.165) is 25.0 Å². The van der Waals surface area contributed by atoms with Crippen LogP contribution >= 0.6 is 11.8 Å². The fourth-order valence-electron chi connectivity index (χ4n) is 2.43. The molecule has 1 saturated heterocycles. The van der Waals surface area contributed by atoms with Crippen molar-refractivity contribution >= 4 is 11.8 Å². The minimum absolute atomic E-state index is 0.127. The normalized spacial score (nSPS) is 17.8. The quantitative estimate of drug-likeness (QED) is 0.694. The van der Waals surface area contributed by atoms with E-state index in [0.29, 0.717) is 17.5 Å². The maximum absolute atomic E-state index is 12.2. The van der Waals surface area contributed by atoms with Gasteiger partial charge < -0.3 is 9.47 Å². The Kier molecular flexibility index (Phi) is 5.79. The summed E-state index contributed by atoms with van der Waals surface area (Å²) in [4.78, 5) is 0. The van der Waals surface area contributed by atoms with Gasteiger partial charge in [0, 0.05) is 12.4 Å². The standard InChI is InChI=1S/C15H17F3N4O2S/c16-15(17,18)10-24-12-4-1-3-11(7-12)9-25-14-19-20-21-22(14)8-13-5-2-6-23-13/h1,3-4,7,13H,2,5-6,8-10H2/t13-/m0/s1. The first-order chi connectivity index (χ1) is 12.0. The van der Waals surface area contributed by atoms with Crippen molar-refractivity contribution in [2.75, 3.05) is 13.2 Å². The number of rotatable bonds is 7. The largest absolute Gasteiger partial charge is 0.484 e. The molecule has 0 N–H and O–H groups in total. The van der Waals surface area contributed by atoms with Crippen molar-refractivity contribution in [3.05, 3.63) is 29.8 Å². The lowest BCUT2D eigenvalue weighted by atomic mass is 10.2. The van der Waals surface area contributed by atoms with Gasteiger partial charge >= 0.3 is 6.18 Å². The number of tetrazole rings is 1. The molecule has 3 rings (SSSR count). The zero-order valence-corrected chi connectivity index (χ0v) is 14.1. The van der Waals surface area contributed by atoms with Gasteiger partial charge in [0.05, 0.1) is 12.6 Å². The molecule has 1 aromatic heterocycles. The molecule has 1 aromatic carbocycles. The number of ether oxygens (including phenoxy) is 2. The van der Waals surface area contributed by atoms with Crippen molar-refractivity contribution in [1.82, 2.24) is 20.2 Å². The van der Waals surface area contributed by atoms with Gasteiger partial charge in [0.1, 0.15) is 5.75 Å². The van der Waals surface area contributed by atoms with Crippen LogP contribution in [0.15, 0.2) is 29.4 Å². The third kappa shape index (κ3) is 5.60. The Morgan fingerprint density at radius 2 is 2.24 bits per heavy atom. The summed E-state index contributed by atoms with van der Waals surface area (Å²) in [6, 6.07) is 6.58. The van der Waals surface area contributed by atoms with Crippen LogP contribution < -0.4 is 4.74 Å². The lowest BCUT2D eigenvalue weighted by Crippen LogP contribution is -2.19. The van der Waals surface area contributed by atoms with E-state index in [4.69, 9.17) is 9.47 Å². The number of thioether (sulfide) groups is 1. The van der Waals surface area contributed by atoms with E-state index < -0.39 is 12.8 Å². The molecule has 1 aliphatic rings. The second-order valence-electron chi connectivity index (χ2n) is 5.62. The molecule has 136 valence electrons. The zero-order valence-electron chi connectivity index (χ0n) is 13.3. The van der Waals surface area contributed by atoms with Gasteiger partial charge in [0.2, 0.25) is 5.16 Å². The average Bonchev–Trinajstić information content (AvgIpc) is 3.23. The summed E-state index contributed by atoms with van der Waals surface area (Å²) in [6.07, 6.45) is -2.19. The van der Waals surface area contributed by atoms with E-state index in [9.17, 15) is 13.2 Å². The summed E-state index contributed by atoms with van der Waals surface area (Å²) in [7, 11) is 0. The molecule has 0 radical (unpaired) electrons. The molecule has 0 amide bonds. The summed E-state index contributed by atoms with van der Waals surface area (Å²) in [6.45, 7) is 0.0628. The lowest BCUT2D eigenvalue weighted by molar-refractivity contribution is -0.153. The molecule has 25 heavy (non-hydrogen) atoms. The minimum Gasteiger partial charge on any atom is -0.484 e. The van der Waals surface area contributed by atoms with Crippen molar-refractivity contribution < 1.29 is 22.6 Å². The number of hydrogen-bond donors (Lipinski definition) is 0. The molecule has 0 aliphatic carbocycles. The Morgan fingerprint density at radius 3 is 3.00 bits per heavy atom. The van der Waals surface area contributed by atoms with Crippen molar-refractivity contribution in [3.8, 4) is 5.75 Å². The van der Waals surface area contributed by atoms with Crippen molar-refractivity contribution in [3.63, 3.8) is 0 Å². The predicted octanol–water partition coefficient (Wildman–Crippen LogP) is 3.09. The molecule has 2 heterocycles. The molecule has 0 bridgehead atoms. The number of benzene rings is 1. The zero-order chi connectivity index (χ0) is 17.7. The topological polar surface area (TPSA) is 62.1 Å². The maximum Gasteiger partial charge on any atom is 0.422 e. The first kappa shape index (κ1) is 18.0. The first-order valence-electron chi connectivity index (χ1n) is 7.79. The van der Waals surface area contributed by atoms with Gasteiger partial charge in [-0.05, 0) is 41.0 Å². The molecule has 1 atom stereocenters. The average molecular weight is 374 g/mol. The molecule has 1 fully saturated rings. The van der Waals surface area contributed by atoms with Crippen LogP contribution in [0.1, 0.15) is 18.4 Å². The predicted molar refractivity (Wildman–Crippen MR) is 84.3 cm³/mol. The monoisotopic (exact) mass is 374 g/mol. The summed E-state index contributed by atoms with van der Waals surface area (Å²) < 4.78 is 48.7. The first-order valence-corrected chi connectivity index (χ1v) is 8.77. The summed E-state index contributed by atoms with van der Waals surface area (Å²) >= 11 is 1.42. The molecule has 10 heteroatoms. The molecular weight excluding hydrogens is 357 g/mol. The van der Waals surface area contributed by atoms with E-state index in [1.165, 1.54) is 17.8 Å². The van der Waals surface area contributed by atoms with E-state index in [1.807, 2.05) is 6.07 Å². The van der Waals surface area contributed by atoms with Crippen molar-refractivity contribution in [2.45, 2.75) is 42.6 Å². The van der Waals surface area contributed by atoms with Crippen LogP contribution in [0, 0.1) is 0 Å². The number of aromatic nitrogens is 4. The highest BCUT2D eigenvalue weighted by molar-refractivity contribution is 7.98. The van der Waals surface area contributed by atoms with Gasteiger partial charge in [-0.3, -0.25) is 0 Å². The van der Waals surface area contributed by atoms with Gasteiger partial charge in [-0.2, -0.15) is 13.2 Å². The Balaban J connectivity index is 1.56. The van der Waals surface area contributed by atoms with Crippen LogP contribution in [0.3, 0.4) is 0 Å². The van der Waals surface area contributed by atoms with Crippen LogP contribution in [0.25, 0.3) is 0 Å². The fraction of sp³-hybridized carbons (Fsp3) is 0.533. The van der Waals surface area contributed by atoms with Crippen molar-refractivity contribution in [2.24, 2.45) is 0 Å². The summed E-state index contributed by atoms with van der Waals surface area (Å²) in [5, 5.41) is 12.3. The SMILES string of the molecule is FC(F)(F)COc1cccc(CSc2nnnn2C[C@@H]2CCCO2)c1. The van der Waals surface area contributed by atoms with Gasteiger partial charge in [0.25, 0.3) is 0 Å². The van der Waals surface area contributed by atoms with Crippen LogP contribution in [0.2, 0.25) is 0 Å². The second kappa shape index (κ2) is 8.05. The molecule has 1 aliphatic heterocycles. The minimum atomic E-state index is -4.35. The Morgan fingerprint density at radius 1 is 1.36 bits per heavy atom. The fourth-order valence-corrected chi connectivity index (χ4v) is 3.26. The highest BCUT2D eigenvalue weighted by Crippen LogP contribution is 2.25. The third-order valence-electron chi connectivity index (χ3n) is 3.57. The Labute approximate surface area is 146 Å². The van der Waals surface area contributed by atoms with Crippen molar-refractivity contribution in [1.29, 1.82) is 0 Å². The van der Waals surface area contributed by atoms with Crippen LogP contribution in [-0.2, 0) is 17.0 Å². The Hall–Kier alpha value is -1.81. The van der Waals surface area contributed by atoms with Crippen LogP contribution in [0.4, 0.5) is 13.2 Å². The molecule has 0 saturated carbocycles. The molecular formula is C15H17F3N4O2S.